The van der Waals surface area contributed by atoms with Gasteiger partial charge in [0.25, 0.3) is 0 Å². The van der Waals surface area contributed by atoms with Gasteiger partial charge in [-0.25, -0.2) is 0 Å². The molecule has 0 rings (SSSR count). The first-order valence-electron chi connectivity index (χ1n) is 5.41. The molecule has 4 nitrogen and oxygen atoms in total. The highest BCUT2D eigenvalue weighted by atomic mass is 16.5. The van der Waals surface area contributed by atoms with Gasteiger partial charge >= 0.3 is 5.97 Å². The molecule has 0 aliphatic carbocycles. The fraction of sp³-hybridized carbons (Fsp3) is 0.818. The van der Waals surface area contributed by atoms with Crippen LogP contribution in [0.15, 0.2) is 0 Å². The number of esters is 1. The van der Waals surface area contributed by atoms with Crippen molar-refractivity contribution in [2.24, 2.45) is 5.92 Å². The molecule has 4 heteroatoms. The Labute approximate surface area is 91.6 Å². The van der Waals surface area contributed by atoms with Crippen LogP contribution in [0.2, 0.25) is 0 Å². The summed E-state index contributed by atoms with van der Waals surface area (Å²) < 4.78 is 4.87. The summed E-state index contributed by atoms with van der Waals surface area (Å²) in [6.07, 6.45) is 0. The van der Waals surface area contributed by atoms with Gasteiger partial charge in [0, 0.05) is 5.92 Å². The Morgan fingerprint density at radius 3 is 2.13 bits per heavy atom. The number of likely N-dealkylation sites (N-methyl/N-ethyl adjacent to an activating group) is 1. The predicted octanol–water partition coefficient (Wildman–Crippen LogP) is 1.10. The largest absolute Gasteiger partial charge is 0.457 e. The number of hydrogen-bond donors (Lipinski definition) is 0. The van der Waals surface area contributed by atoms with E-state index in [9.17, 15) is 9.59 Å². The molecule has 0 fully saturated rings. The minimum absolute atomic E-state index is 0.0390. The second kappa shape index (κ2) is 7.40. The van der Waals surface area contributed by atoms with Crippen molar-refractivity contribution in [2.45, 2.75) is 27.7 Å². The number of Topliss-reactive ketones (excluding diaryl/α,β-unsaturated/α-hetero) is 1. The van der Waals surface area contributed by atoms with Gasteiger partial charge in [0.15, 0.2) is 5.78 Å². The van der Waals surface area contributed by atoms with E-state index >= 15 is 0 Å². The summed E-state index contributed by atoms with van der Waals surface area (Å²) in [7, 11) is 0. The average molecular weight is 215 g/mol. The summed E-state index contributed by atoms with van der Waals surface area (Å²) >= 11 is 0. The number of nitrogens with zero attached hydrogens (tertiary/aromatic N) is 1. The van der Waals surface area contributed by atoms with Crippen molar-refractivity contribution in [3.05, 3.63) is 0 Å². The summed E-state index contributed by atoms with van der Waals surface area (Å²) in [6.45, 7) is 9.33. The molecule has 0 saturated carbocycles. The van der Waals surface area contributed by atoms with E-state index in [2.05, 4.69) is 0 Å². The van der Waals surface area contributed by atoms with Gasteiger partial charge in [-0.15, -0.1) is 0 Å². The van der Waals surface area contributed by atoms with Gasteiger partial charge in [-0.3, -0.25) is 14.5 Å². The summed E-state index contributed by atoms with van der Waals surface area (Å²) in [5.41, 5.74) is 0. The van der Waals surface area contributed by atoms with Gasteiger partial charge < -0.3 is 4.74 Å². The van der Waals surface area contributed by atoms with E-state index in [0.29, 0.717) is 0 Å². The van der Waals surface area contributed by atoms with Crippen molar-refractivity contribution >= 4 is 11.8 Å². The van der Waals surface area contributed by atoms with E-state index in [1.807, 2.05) is 18.7 Å². The average Bonchev–Trinajstić information content (AvgIpc) is 2.22. The lowest BCUT2D eigenvalue weighted by Gasteiger charge is -2.16. The first kappa shape index (κ1) is 14.1. The van der Waals surface area contributed by atoms with E-state index < -0.39 is 0 Å². The van der Waals surface area contributed by atoms with Gasteiger partial charge in [0.2, 0.25) is 0 Å². The van der Waals surface area contributed by atoms with E-state index in [0.717, 1.165) is 13.1 Å². The van der Waals surface area contributed by atoms with Crippen molar-refractivity contribution in [3.63, 3.8) is 0 Å². The first-order chi connectivity index (χ1) is 7.01. The smallest absolute Gasteiger partial charge is 0.320 e. The second-order valence-corrected chi connectivity index (χ2v) is 3.74. The molecule has 0 aromatic heterocycles. The van der Waals surface area contributed by atoms with Crippen molar-refractivity contribution in [2.75, 3.05) is 26.2 Å². The molecular formula is C11H21NO3. The molecule has 0 N–H and O–H groups in total. The maximum Gasteiger partial charge on any atom is 0.320 e. The number of carbonyl (C=O) groups is 2. The Balaban J connectivity index is 3.79. The van der Waals surface area contributed by atoms with Crippen molar-refractivity contribution in [1.29, 1.82) is 0 Å². The predicted molar refractivity (Wildman–Crippen MR) is 58.6 cm³/mol. The topological polar surface area (TPSA) is 46.6 Å². The highest BCUT2D eigenvalue weighted by Crippen LogP contribution is 1.96. The summed E-state index contributed by atoms with van der Waals surface area (Å²) in [6, 6.07) is 0. The second-order valence-electron chi connectivity index (χ2n) is 3.74. The third kappa shape index (κ3) is 6.23. The van der Waals surface area contributed by atoms with E-state index in [1.165, 1.54) is 0 Å². The van der Waals surface area contributed by atoms with Crippen LogP contribution in [-0.4, -0.2) is 42.9 Å². The molecular weight excluding hydrogens is 194 g/mol. The lowest BCUT2D eigenvalue weighted by atomic mass is 10.1. The lowest BCUT2D eigenvalue weighted by molar-refractivity contribution is -0.149. The monoisotopic (exact) mass is 215 g/mol. The van der Waals surface area contributed by atoms with E-state index in [-0.39, 0.29) is 30.8 Å². The van der Waals surface area contributed by atoms with Crippen LogP contribution >= 0.6 is 0 Å². The fourth-order valence-electron chi connectivity index (χ4n) is 0.994. The molecule has 0 heterocycles. The van der Waals surface area contributed by atoms with Crippen LogP contribution in [0.3, 0.4) is 0 Å². The SMILES string of the molecule is CCN(CC)CC(=O)OCC(=O)C(C)C. The van der Waals surface area contributed by atoms with Crippen LogP contribution in [-0.2, 0) is 14.3 Å². The Kier molecular flexibility index (Phi) is 6.96. The molecule has 15 heavy (non-hydrogen) atoms. The van der Waals surface area contributed by atoms with Gasteiger partial charge in [0.1, 0.15) is 6.61 Å². The van der Waals surface area contributed by atoms with Crippen LogP contribution in [0.5, 0.6) is 0 Å². The highest BCUT2D eigenvalue weighted by Gasteiger charge is 2.12. The molecule has 0 amide bonds. The molecule has 0 aromatic carbocycles. The molecule has 0 aliphatic rings. The molecule has 0 aliphatic heterocycles. The quantitative estimate of drug-likeness (QED) is 0.597. The van der Waals surface area contributed by atoms with Gasteiger partial charge in [-0.2, -0.15) is 0 Å². The molecule has 0 atom stereocenters. The Bertz CT molecular complexity index is 210. The Hall–Kier alpha value is -0.900. The van der Waals surface area contributed by atoms with Gasteiger partial charge in [-0.1, -0.05) is 27.7 Å². The lowest BCUT2D eigenvalue weighted by Crippen LogP contribution is -2.31. The summed E-state index contributed by atoms with van der Waals surface area (Å²) in [5, 5.41) is 0. The third-order valence-electron chi connectivity index (χ3n) is 2.27. The standard InChI is InChI=1S/C11H21NO3/c1-5-12(6-2)7-11(14)15-8-10(13)9(3)4/h9H,5-8H2,1-4H3. The van der Waals surface area contributed by atoms with Crippen molar-refractivity contribution in [3.8, 4) is 0 Å². The summed E-state index contributed by atoms with van der Waals surface area (Å²) in [4.78, 5) is 24.4. The van der Waals surface area contributed by atoms with Crippen molar-refractivity contribution < 1.29 is 14.3 Å². The Morgan fingerprint density at radius 2 is 1.73 bits per heavy atom. The fourth-order valence-corrected chi connectivity index (χ4v) is 0.994. The van der Waals surface area contributed by atoms with Crippen molar-refractivity contribution in [1.82, 2.24) is 4.90 Å². The first-order valence-corrected chi connectivity index (χ1v) is 5.41. The van der Waals surface area contributed by atoms with Gasteiger partial charge in [0.05, 0.1) is 6.54 Å². The minimum atomic E-state index is -0.326. The molecule has 0 spiro atoms. The maximum atomic E-state index is 11.3. The summed E-state index contributed by atoms with van der Waals surface area (Å²) in [5.74, 6) is -0.443. The number of ether oxygens (including phenoxy) is 1. The Morgan fingerprint density at radius 1 is 1.20 bits per heavy atom. The van der Waals surface area contributed by atoms with Crippen LogP contribution in [0.25, 0.3) is 0 Å². The van der Waals surface area contributed by atoms with Crippen LogP contribution < -0.4 is 0 Å². The molecule has 0 aromatic rings. The van der Waals surface area contributed by atoms with Crippen LogP contribution in [0, 0.1) is 5.92 Å². The number of rotatable bonds is 7. The van der Waals surface area contributed by atoms with E-state index in [1.54, 1.807) is 13.8 Å². The zero-order valence-electron chi connectivity index (χ0n) is 10.1. The van der Waals surface area contributed by atoms with Crippen LogP contribution in [0.1, 0.15) is 27.7 Å². The van der Waals surface area contributed by atoms with Gasteiger partial charge in [-0.05, 0) is 13.1 Å². The molecule has 0 radical (unpaired) electrons. The maximum absolute atomic E-state index is 11.3. The minimum Gasteiger partial charge on any atom is -0.457 e. The number of hydrogen-bond acceptors (Lipinski definition) is 4. The van der Waals surface area contributed by atoms with E-state index in [4.69, 9.17) is 4.74 Å². The molecule has 88 valence electrons. The normalized spacial score (nSPS) is 10.8. The zero-order chi connectivity index (χ0) is 11.8. The van der Waals surface area contributed by atoms with Crippen LogP contribution in [0.4, 0.5) is 0 Å². The third-order valence-corrected chi connectivity index (χ3v) is 2.27. The number of ketones is 1. The molecule has 0 bridgehead atoms. The molecule has 0 unspecified atom stereocenters. The number of carbonyl (C=O) groups excluding carboxylic acids is 2. The zero-order valence-corrected chi connectivity index (χ0v) is 10.1. The molecule has 0 saturated heterocycles. The highest BCUT2D eigenvalue weighted by molar-refractivity contribution is 5.84.